The molecule has 0 spiro atoms. The molecule has 7 nitrogen and oxygen atoms in total. The number of halogens is 1. The smallest absolute Gasteiger partial charge is 0.164 e. The fourth-order valence-corrected chi connectivity index (χ4v) is 6.79. The highest BCUT2D eigenvalue weighted by atomic mass is 19.1. The van der Waals surface area contributed by atoms with Crippen LogP contribution in [-0.2, 0) is 4.74 Å². The summed E-state index contributed by atoms with van der Waals surface area (Å²) in [6.45, 7) is 5.70. The van der Waals surface area contributed by atoms with Crippen molar-refractivity contribution in [1.29, 1.82) is 0 Å². The number of aromatic nitrogens is 4. The molecule has 1 aromatic carbocycles. The maximum atomic E-state index is 14.1. The van der Waals surface area contributed by atoms with E-state index >= 15 is 0 Å². The minimum atomic E-state index is -0.376. The van der Waals surface area contributed by atoms with E-state index in [0.29, 0.717) is 34.7 Å². The molecule has 4 aliphatic rings. The Balaban J connectivity index is 1.28. The standard InChI is InChI=1S/C30H33FN6O/c1-18-19-2-4-21(5-3-19)28(18)35-27-15-26(20-6-8-23(9-7-20)37-10-12-38-13-11-37)34-30(36-27)25-17-33-29-24(25)14-22(31)16-32-29/h6-9,14-19,21,28H,2-5,10-13H2,1H3,(H,32,33)(H,34,35,36). The lowest BCUT2D eigenvalue weighted by Gasteiger charge is -2.47. The molecule has 2 bridgehead atoms. The van der Waals surface area contributed by atoms with Crippen molar-refractivity contribution in [2.45, 2.75) is 38.6 Å². The summed E-state index contributed by atoms with van der Waals surface area (Å²) >= 11 is 0. The predicted molar refractivity (Wildman–Crippen MR) is 148 cm³/mol. The number of aromatic amines is 1. The highest BCUT2D eigenvalue weighted by Gasteiger charge is 2.41. The second-order valence-electron chi connectivity index (χ2n) is 11.1. The zero-order valence-electron chi connectivity index (χ0n) is 21.7. The van der Waals surface area contributed by atoms with Gasteiger partial charge in [-0.1, -0.05) is 19.1 Å². The molecule has 2 unspecified atom stereocenters. The van der Waals surface area contributed by atoms with Crippen LogP contribution >= 0.6 is 0 Å². The van der Waals surface area contributed by atoms with Gasteiger partial charge in [0.1, 0.15) is 17.3 Å². The Morgan fingerprint density at radius 2 is 1.76 bits per heavy atom. The molecule has 2 atom stereocenters. The van der Waals surface area contributed by atoms with Gasteiger partial charge in [-0.3, -0.25) is 0 Å². The second-order valence-corrected chi connectivity index (χ2v) is 11.1. The summed E-state index contributed by atoms with van der Waals surface area (Å²) in [5.74, 6) is 3.09. The van der Waals surface area contributed by atoms with Gasteiger partial charge >= 0.3 is 0 Å². The third-order valence-corrected chi connectivity index (χ3v) is 8.95. The van der Waals surface area contributed by atoms with E-state index in [-0.39, 0.29) is 5.82 Å². The van der Waals surface area contributed by atoms with Crippen LogP contribution in [0.3, 0.4) is 0 Å². The predicted octanol–water partition coefficient (Wildman–Crippen LogP) is 5.90. The van der Waals surface area contributed by atoms with Crippen molar-refractivity contribution in [3.05, 3.63) is 54.6 Å². The SMILES string of the molecule is CC1C2CCC(CC2)C1Nc1cc(-c2ccc(N3CCOCC3)cc2)nc(-c2c[nH]c3ncc(F)cc23)n1. The summed E-state index contributed by atoms with van der Waals surface area (Å²) in [4.78, 5) is 19.6. The molecule has 196 valence electrons. The highest BCUT2D eigenvalue weighted by molar-refractivity contribution is 5.92. The summed E-state index contributed by atoms with van der Waals surface area (Å²) in [5.41, 5.74) is 4.43. The molecule has 1 aliphatic heterocycles. The van der Waals surface area contributed by atoms with Gasteiger partial charge in [0.2, 0.25) is 0 Å². The third kappa shape index (κ3) is 4.30. The lowest BCUT2D eigenvalue weighted by Crippen LogP contribution is -2.47. The van der Waals surface area contributed by atoms with E-state index in [0.717, 1.165) is 54.9 Å². The number of H-pyrrole nitrogens is 1. The van der Waals surface area contributed by atoms with Gasteiger partial charge < -0.3 is 19.9 Å². The number of nitrogens with one attached hydrogen (secondary N) is 2. The largest absolute Gasteiger partial charge is 0.378 e. The number of hydrogen-bond acceptors (Lipinski definition) is 6. The van der Waals surface area contributed by atoms with Gasteiger partial charge in [0.05, 0.1) is 25.1 Å². The minimum absolute atomic E-state index is 0.376. The number of nitrogens with zero attached hydrogens (tertiary/aromatic N) is 4. The molecule has 4 aromatic rings. The number of morpholine rings is 1. The van der Waals surface area contributed by atoms with Crippen molar-refractivity contribution in [1.82, 2.24) is 19.9 Å². The molecule has 3 aliphatic carbocycles. The number of benzene rings is 1. The average Bonchev–Trinajstić information content (AvgIpc) is 3.39. The average molecular weight is 513 g/mol. The molecule has 8 rings (SSSR count). The summed E-state index contributed by atoms with van der Waals surface area (Å²) in [7, 11) is 0. The molecule has 4 fully saturated rings. The first-order valence-corrected chi connectivity index (χ1v) is 13.8. The molecule has 4 heterocycles. The highest BCUT2D eigenvalue weighted by Crippen LogP contribution is 2.46. The summed E-state index contributed by atoms with van der Waals surface area (Å²) in [6, 6.07) is 12.5. The van der Waals surface area contributed by atoms with E-state index in [2.05, 4.69) is 57.4 Å². The van der Waals surface area contributed by atoms with Crippen molar-refractivity contribution >= 4 is 22.5 Å². The Labute approximate surface area is 221 Å². The molecule has 3 saturated carbocycles. The number of ether oxygens (including phenoxy) is 1. The zero-order valence-corrected chi connectivity index (χ0v) is 21.7. The van der Waals surface area contributed by atoms with Crippen LogP contribution in [0.15, 0.2) is 48.8 Å². The van der Waals surface area contributed by atoms with Gasteiger partial charge in [0, 0.05) is 53.6 Å². The topological polar surface area (TPSA) is 79.0 Å². The number of rotatable bonds is 5. The van der Waals surface area contributed by atoms with Gasteiger partial charge in [-0.15, -0.1) is 0 Å². The number of anilines is 2. The Bertz CT molecular complexity index is 1440. The molecular formula is C30H33FN6O. The van der Waals surface area contributed by atoms with E-state index in [1.165, 1.54) is 43.6 Å². The van der Waals surface area contributed by atoms with Crippen molar-refractivity contribution in [2.75, 3.05) is 36.5 Å². The van der Waals surface area contributed by atoms with Gasteiger partial charge in [0.15, 0.2) is 5.82 Å². The van der Waals surface area contributed by atoms with E-state index < -0.39 is 0 Å². The maximum absolute atomic E-state index is 14.1. The summed E-state index contributed by atoms with van der Waals surface area (Å²) in [6.07, 6.45) is 8.30. The van der Waals surface area contributed by atoms with Crippen molar-refractivity contribution in [3.63, 3.8) is 0 Å². The normalized spacial score (nSPS) is 25.2. The molecule has 3 aromatic heterocycles. The van der Waals surface area contributed by atoms with Gasteiger partial charge in [-0.25, -0.2) is 19.3 Å². The Morgan fingerprint density at radius 3 is 2.53 bits per heavy atom. The molecule has 1 saturated heterocycles. The first kappa shape index (κ1) is 23.6. The van der Waals surface area contributed by atoms with Gasteiger partial charge in [-0.05, 0) is 61.6 Å². The van der Waals surface area contributed by atoms with Gasteiger partial charge in [0.25, 0.3) is 0 Å². The first-order chi connectivity index (χ1) is 18.6. The van der Waals surface area contributed by atoms with E-state index in [1.807, 2.05) is 6.20 Å². The molecule has 0 amide bonds. The zero-order chi connectivity index (χ0) is 25.6. The molecular weight excluding hydrogens is 479 g/mol. The van der Waals surface area contributed by atoms with Crippen molar-refractivity contribution in [3.8, 4) is 22.6 Å². The summed E-state index contributed by atoms with van der Waals surface area (Å²) in [5, 5.41) is 4.51. The Hall–Kier alpha value is -3.52. The summed E-state index contributed by atoms with van der Waals surface area (Å²) < 4.78 is 19.6. The number of pyridine rings is 1. The van der Waals surface area contributed by atoms with E-state index in [1.54, 1.807) is 0 Å². The quantitative estimate of drug-likeness (QED) is 0.347. The van der Waals surface area contributed by atoms with Crippen LogP contribution in [0.2, 0.25) is 0 Å². The lowest BCUT2D eigenvalue weighted by atomic mass is 9.62. The molecule has 8 heteroatoms. The fourth-order valence-electron chi connectivity index (χ4n) is 6.79. The monoisotopic (exact) mass is 512 g/mol. The molecule has 0 radical (unpaired) electrons. The first-order valence-electron chi connectivity index (χ1n) is 13.8. The van der Waals surface area contributed by atoms with Crippen LogP contribution in [0.4, 0.5) is 15.9 Å². The van der Waals surface area contributed by atoms with Crippen LogP contribution in [0, 0.1) is 23.6 Å². The second kappa shape index (κ2) is 9.66. The lowest BCUT2D eigenvalue weighted by molar-refractivity contribution is 0.0928. The fraction of sp³-hybridized carbons (Fsp3) is 0.433. The van der Waals surface area contributed by atoms with Crippen molar-refractivity contribution in [2.24, 2.45) is 17.8 Å². The van der Waals surface area contributed by atoms with Crippen LogP contribution in [0.25, 0.3) is 33.7 Å². The van der Waals surface area contributed by atoms with E-state index in [4.69, 9.17) is 14.7 Å². The Kier molecular flexibility index (Phi) is 5.99. The van der Waals surface area contributed by atoms with Crippen LogP contribution in [0.5, 0.6) is 0 Å². The molecule has 2 N–H and O–H groups in total. The number of fused-ring (bicyclic) bond motifs is 4. The third-order valence-electron chi connectivity index (χ3n) is 8.95. The van der Waals surface area contributed by atoms with Crippen LogP contribution < -0.4 is 10.2 Å². The maximum Gasteiger partial charge on any atom is 0.164 e. The van der Waals surface area contributed by atoms with Crippen LogP contribution in [-0.4, -0.2) is 52.3 Å². The van der Waals surface area contributed by atoms with Crippen molar-refractivity contribution < 1.29 is 9.13 Å². The van der Waals surface area contributed by atoms with Gasteiger partial charge in [-0.2, -0.15) is 0 Å². The number of hydrogen-bond donors (Lipinski definition) is 2. The molecule has 38 heavy (non-hydrogen) atoms. The minimum Gasteiger partial charge on any atom is -0.378 e. The van der Waals surface area contributed by atoms with Crippen LogP contribution in [0.1, 0.15) is 32.6 Å². The Morgan fingerprint density at radius 1 is 1.00 bits per heavy atom. The van der Waals surface area contributed by atoms with E-state index in [9.17, 15) is 4.39 Å².